The standard InChI is InChI=1S/C25H24ClFN6O/c1-4-18(34)32-7-9-33(10-8-32)24-14(3)12-29-23-15(24)11-16(26)20(22(23)27)19-13(2)5-6-17-21(19)25(28)31-30-17/h4-6,11-12H,1,7-10H2,2-3H3,(H3,28,30,31). The number of halogens is 2. The van der Waals surface area contributed by atoms with Gasteiger partial charge in [0.2, 0.25) is 5.91 Å². The molecule has 3 N–H and O–H groups in total. The Morgan fingerprint density at radius 1 is 1.21 bits per heavy atom. The molecule has 0 bridgehead atoms. The van der Waals surface area contributed by atoms with Crippen LogP contribution in [0.3, 0.4) is 0 Å². The van der Waals surface area contributed by atoms with Crippen LogP contribution in [0.15, 0.2) is 37.1 Å². The molecule has 1 amide bonds. The third-order valence-electron chi connectivity index (χ3n) is 6.51. The molecule has 0 unspecified atom stereocenters. The highest BCUT2D eigenvalue weighted by Gasteiger charge is 2.26. The number of aryl methyl sites for hydroxylation is 2. The number of hydrogen-bond donors (Lipinski definition) is 2. The largest absolute Gasteiger partial charge is 0.382 e. The van der Waals surface area contributed by atoms with Gasteiger partial charge in [-0.1, -0.05) is 24.2 Å². The molecule has 1 aliphatic heterocycles. The van der Waals surface area contributed by atoms with Crippen LogP contribution in [-0.2, 0) is 4.79 Å². The van der Waals surface area contributed by atoms with Crippen LogP contribution in [0.25, 0.3) is 32.9 Å². The van der Waals surface area contributed by atoms with Gasteiger partial charge in [-0.15, -0.1) is 0 Å². The summed E-state index contributed by atoms with van der Waals surface area (Å²) in [6, 6.07) is 5.52. The molecule has 0 spiro atoms. The number of H-pyrrole nitrogens is 1. The van der Waals surface area contributed by atoms with Crippen LogP contribution < -0.4 is 10.6 Å². The number of aromatic amines is 1. The zero-order valence-corrected chi connectivity index (χ0v) is 19.7. The van der Waals surface area contributed by atoms with Crippen LogP contribution >= 0.6 is 11.6 Å². The fraction of sp³-hybridized carbons (Fsp3) is 0.240. The lowest BCUT2D eigenvalue weighted by atomic mass is 9.94. The Labute approximate surface area is 201 Å². The first-order valence-corrected chi connectivity index (χ1v) is 11.4. The minimum atomic E-state index is -0.500. The maximum absolute atomic E-state index is 16.2. The highest BCUT2D eigenvalue weighted by molar-refractivity contribution is 6.35. The Morgan fingerprint density at radius 3 is 2.65 bits per heavy atom. The monoisotopic (exact) mass is 478 g/mol. The van der Waals surface area contributed by atoms with Gasteiger partial charge in [0, 0.05) is 48.9 Å². The number of hydrogen-bond acceptors (Lipinski definition) is 5. The summed E-state index contributed by atoms with van der Waals surface area (Å²) in [6.45, 7) is 9.75. The molecule has 0 aliphatic carbocycles. The van der Waals surface area contributed by atoms with Gasteiger partial charge in [0.1, 0.15) is 5.52 Å². The number of nitrogens with one attached hydrogen (secondary N) is 1. The first-order valence-electron chi connectivity index (χ1n) is 11.0. The van der Waals surface area contributed by atoms with Gasteiger partial charge in [0.05, 0.1) is 21.6 Å². The fourth-order valence-corrected chi connectivity index (χ4v) is 5.13. The Morgan fingerprint density at radius 2 is 1.94 bits per heavy atom. The molecule has 5 rings (SSSR count). The number of nitrogen functional groups attached to an aromatic ring is 1. The molecule has 34 heavy (non-hydrogen) atoms. The van der Waals surface area contributed by atoms with Crippen molar-refractivity contribution >= 4 is 50.8 Å². The zero-order chi connectivity index (χ0) is 24.1. The zero-order valence-electron chi connectivity index (χ0n) is 19.0. The van der Waals surface area contributed by atoms with Gasteiger partial charge in [-0.25, -0.2) is 4.39 Å². The molecular formula is C25H24ClFN6O. The fourth-order valence-electron chi connectivity index (χ4n) is 4.84. The van der Waals surface area contributed by atoms with Crippen molar-refractivity contribution in [2.75, 3.05) is 36.8 Å². The number of nitrogens with zero attached hydrogens (tertiary/aromatic N) is 4. The topological polar surface area (TPSA) is 91.1 Å². The maximum atomic E-state index is 16.2. The van der Waals surface area contributed by atoms with Crippen LogP contribution in [0, 0.1) is 19.7 Å². The summed E-state index contributed by atoms with van der Waals surface area (Å²) in [5, 5.41) is 8.51. The van der Waals surface area contributed by atoms with E-state index in [0.717, 1.165) is 16.8 Å². The number of rotatable bonds is 3. The van der Waals surface area contributed by atoms with Crippen LogP contribution in [0.5, 0.6) is 0 Å². The number of aromatic nitrogens is 3. The smallest absolute Gasteiger partial charge is 0.246 e. The van der Waals surface area contributed by atoms with Crippen molar-refractivity contribution < 1.29 is 9.18 Å². The van der Waals surface area contributed by atoms with E-state index >= 15 is 4.39 Å². The van der Waals surface area contributed by atoms with E-state index in [-0.39, 0.29) is 27.8 Å². The predicted molar refractivity (Wildman–Crippen MR) is 135 cm³/mol. The first kappa shape index (κ1) is 22.2. The Balaban J connectivity index is 1.67. The van der Waals surface area contributed by atoms with Crippen LogP contribution in [0.4, 0.5) is 15.9 Å². The lowest BCUT2D eigenvalue weighted by Gasteiger charge is -2.37. The van der Waals surface area contributed by atoms with Crippen molar-refractivity contribution in [3.8, 4) is 11.1 Å². The Hall–Kier alpha value is -3.65. The van der Waals surface area contributed by atoms with E-state index in [1.165, 1.54) is 6.08 Å². The normalized spacial score (nSPS) is 14.2. The van der Waals surface area contributed by atoms with Crippen molar-refractivity contribution in [2.24, 2.45) is 0 Å². The van der Waals surface area contributed by atoms with Gasteiger partial charge in [-0.2, -0.15) is 5.10 Å². The highest BCUT2D eigenvalue weighted by Crippen LogP contribution is 2.43. The van der Waals surface area contributed by atoms with E-state index in [1.807, 2.05) is 26.0 Å². The molecule has 1 saturated heterocycles. The minimum absolute atomic E-state index is 0.0854. The Bertz CT molecular complexity index is 1470. The van der Waals surface area contributed by atoms with E-state index in [1.54, 1.807) is 17.2 Å². The molecule has 3 heterocycles. The second-order valence-electron chi connectivity index (χ2n) is 8.54. The summed E-state index contributed by atoms with van der Waals surface area (Å²) < 4.78 is 16.2. The van der Waals surface area contributed by atoms with E-state index < -0.39 is 5.82 Å². The van der Waals surface area contributed by atoms with Gasteiger partial charge < -0.3 is 15.5 Å². The quantitative estimate of drug-likeness (QED) is 0.420. The molecule has 1 fully saturated rings. The third kappa shape index (κ3) is 3.37. The van der Waals surface area contributed by atoms with Crippen molar-refractivity contribution in [1.82, 2.24) is 20.1 Å². The lowest BCUT2D eigenvalue weighted by molar-refractivity contribution is -0.126. The van der Waals surface area contributed by atoms with Crippen molar-refractivity contribution in [3.63, 3.8) is 0 Å². The number of fused-ring (bicyclic) bond motifs is 2. The van der Waals surface area contributed by atoms with Crippen LogP contribution in [0.2, 0.25) is 5.02 Å². The van der Waals surface area contributed by atoms with Gasteiger partial charge in [0.25, 0.3) is 0 Å². The van der Waals surface area contributed by atoms with E-state index in [2.05, 4.69) is 26.7 Å². The van der Waals surface area contributed by atoms with Crippen molar-refractivity contribution in [2.45, 2.75) is 13.8 Å². The van der Waals surface area contributed by atoms with E-state index in [0.29, 0.717) is 48.0 Å². The molecule has 9 heteroatoms. The maximum Gasteiger partial charge on any atom is 0.246 e. The minimum Gasteiger partial charge on any atom is -0.382 e. The number of benzene rings is 2. The molecular weight excluding hydrogens is 455 g/mol. The molecule has 7 nitrogen and oxygen atoms in total. The number of amides is 1. The van der Waals surface area contributed by atoms with E-state index in [4.69, 9.17) is 17.3 Å². The van der Waals surface area contributed by atoms with Crippen LogP contribution in [0.1, 0.15) is 11.1 Å². The summed E-state index contributed by atoms with van der Waals surface area (Å²) in [5.74, 6) is -0.299. The van der Waals surface area contributed by atoms with Crippen LogP contribution in [-0.4, -0.2) is 52.2 Å². The molecule has 0 saturated carbocycles. The molecule has 1 aliphatic rings. The van der Waals surface area contributed by atoms with Gasteiger partial charge >= 0.3 is 0 Å². The van der Waals surface area contributed by atoms with Crippen molar-refractivity contribution in [1.29, 1.82) is 0 Å². The number of pyridine rings is 1. The number of anilines is 2. The SMILES string of the molecule is C=CC(=O)N1CCN(c2c(C)cnc3c(F)c(-c4c(C)ccc5[nH]nc(N)c45)c(Cl)cc23)CC1. The summed E-state index contributed by atoms with van der Waals surface area (Å²) in [4.78, 5) is 20.3. The summed E-state index contributed by atoms with van der Waals surface area (Å²) in [7, 11) is 0. The predicted octanol–water partition coefficient (Wildman–Crippen LogP) is 4.60. The second-order valence-corrected chi connectivity index (χ2v) is 8.95. The lowest BCUT2D eigenvalue weighted by Crippen LogP contribution is -2.48. The van der Waals surface area contributed by atoms with Gasteiger partial charge in [-0.3, -0.25) is 14.9 Å². The molecule has 4 aromatic rings. The van der Waals surface area contributed by atoms with Gasteiger partial charge in [0.15, 0.2) is 11.6 Å². The molecule has 0 atom stereocenters. The summed E-state index contributed by atoms with van der Waals surface area (Å²) in [5.41, 5.74) is 10.5. The molecule has 0 radical (unpaired) electrons. The number of nitrogens with two attached hydrogens (primary N) is 1. The summed E-state index contributed by atoms with van der Waals surface area (Å²) >= 11 is 6.76. The molecule has 174 valence electrons. The first-order chi connectivity index (χ1) is 16.3. The number of carbonyl (C=O) groups is 1. The Kier molecular flexibility index (Phi) is 5.40. The molecule has 2 aromatic heterocycles. The summed E-state index contributed by atoms with van der Waals surface area (Å²) in [6.07, 6.45) is 3.01. The second kappa shape index (κ2) is 8.29. The average Bonchev–Trinajstić information content (AvgIpc) is 3.20. The van der Waals surface area contributed by atoms with Gasteiger partial charge in [-0.05, 0) is 43.2 Å². The third-order valence-corrected chi connectivity index (χ3v) is 6.81. The average molecular weight is 479 g/mol. The van der Waals surface area contributed by atoms with Crippen molar-refractivity contribution in [3.05, 3.63) is 59.0 Å². The number of carbonyl (C=O) groups excluding carboxylic acids is 1. The highest BCUT2D eigenvalue weighted by atomic mass is 35.5. The molecule has 2 aromatic carbocycles. The van der Waals surface area contributed by atoms with E-state index in [9.17, 15) is 4.79 Å². The number of piperazine rings is 1.